The van der Waals surface area contributed by atoms with Crippen LogP contribution in [0.3, 0.4) is 0 Å². The molecule has 1 saturated carbocycles. The predicted molar refractivity (Wildman–Crippen MR) is 86.8 cm³/mol. The van der Waals surface area contributed by atoms with Crippen molar-refractivity contribution in [3.8, 4) is 5.75 Å². The van der Waals surface area contributed by atoms with E-state index in [4.69, 9.17) is 4.74 Å². The summed E-state index contributed by atoms with van der Waals surface area (Å²) in [6.45, 7) is 3.13. The molecule has 3 atom stereocenters. The Morgan fingerprint density at radius 1 is 1.40 bits per heavy atom. The van der Waals surface area contributed by atoms with Gasteiger partial charge in [0.25, 0.3) is 0 Å². The molecule has 20 heavy (non-hydrogen) atoms. The summed E-state index contributed by atoms with van der Waals surface area (Å²) >= 11 is 2.03. The van der Waals surface area contributed by atoms with E-state index >= 15 is 0 Å². The quantitative estimate of drug-likeness (QED) is 0.887. The van der Waals surface area contributed by atoms with Gasteiger partial charge in [-0.3, -0.25) is 0 Å². The molecule has 3 rings (SSSR count). The minimum atomic E-state index is 0.485. The lowest BCUT2D eigenvalue weighted by Gasteiger charge is -2.26. The fourth-order valence-electron chi connectivity index (χ4n) is 3.53. The molecule has 0 spiro atoms. The summed E-state index contributed by atoms with van der Waals surface area (Å²) in [7, 11) is 0. The zero-order valence-electron chi connectivity index (χ0n) is 12.5. The Bertz CT molecular complexity index is 462. The van der Waals surface area contributed by atoms with Crippen molar-refractivity contribution in [2.75, 3.05) is 12.9 Å². The molecule has 0 radical (unpaired) electrons. The van der Waals surface area contributed by atoms with Crippen LogP contribution in [-0.4, -0.2) is 24.2 Å². The van der Waals surface area contributed by atoms with Gasteiger partial charge < -0.3 is 10.1 Å². The highest BCUT2D eigenvalue weighted by atomic mass is 32.2. The van der Waals surface area contributed by atoms with Crippen LogP contribution in [0.1, 0.15) is 49.8 Å². The summed E-state index contributed by atoms with van der Waals surface area (Å²) in [6, 6.07) is 7.92. The van der Waals surface area contributed by atoms with Crippen LogP contribution in [0.4, 0.5) is 0 Å². The third kappa shape index (κ3) is 2.84. The third-order valence-corrected chi connectivity index (χ3v) is 5.86. The molecule has 0 amide bonds. The molecule has 1 aromatic rings. The zero-order valence-corrected chi connectivity index (χ0v) is 13.3. The molecule has 1 fully saturated rings. The van der Waals surface area contributed by atoms with Crippen molar-refractivity contribution in [1.82, 2.24) is 5.32 Å². The highest BCUT2D eigenvalue weighted by Gasteiger charge is 2.28. The van der Waals surface area contributed by atoms with Gasteiger partial charge in [-0.05, 0) is 42.7 Å². The number of hydrogen-bond donors (Lipinski definition) is 1. The van der Waals surface area contributed by atoms with E-state index in [0.717, 1.165) is 30.4 Å². The maximum absolute atomic E-state index is 5.61. The van der Waals surface area contributed by atoms with Crippen molar-refractivity contribution in [2.45, 2.75) is 56.4 Å². The van der Waals surface area contributed by atoms with Crippen LogP contribution in [0, 0.1) is 0 Å². The van der Waals surface area contributed by atoms with Crippen LogP contribution in [0.15, 0.2) is 18.2 Å². The zero-order chi connectivity index (χ0) is 13.9. The normalized spacial score (nSPS) is 26.3. The molecule has 3 unspecified atom stereocenters. The molecule has 2 aliphatic rings. The van der Waals surface area contributed by atoms with Crippen molar-refractivity contribution in [3.63, 3.8) is 0 Å². The van der Waals surface area contributed by atoms with Gasteiger partial charge in [0.2, 0.25) is 0 Å². The van der Waals surface area contributed by atoms with Crippen LogP contribution in [0.2, 0.25) is 0 Å². The molecule has 3 heteroatoms. The second-order valence-electron chi connectivity index (χ2n) is 5.90. The molecule has 1 aliphatic carbocycles. The molecule has 2 nitrogen and oxygen atoms in total. The molecule has 1 heterocycles. The number of nitrogens with one attached hydrogen (secondary N) is 1. The standard InChI is InChI=1S/C17H25NOS/c1-3-14(18-15-5-4-6-17(15)20-2)12-7-8-16-13(11-12)9-10-19-16/h7-8,11,14-15,17-18H,3-6,9-10H2,1-2H3. The van der Waals surface area contributed by atoms with Crippen molar-refractivity contribution in [2.24, 2.45) is 0 Å². The van der Waals surface area contributed by atoms with Gasteiger partial charge in [-0.2, -0.15) is 11.8 Å². The Morgan fingerprint density at radius 3 is 3.10 bits per heavy atom. The molecule has 110 valence electrons. The molecular weight excluding hydrogens is 266 g/mol. The Hall–Kier alpha value is -0.670. The summed E-state index contributed by atoms with van der Waals surface area (Å²) < 4.78 is 5.61. The van der Waals surface area contributed by atoms with Crippen LogP contribution in [-0.2, 0) is 6.42 Å². The highest BCUT2D eigenvalue weighted by molar-refractivity contribution is 7.99. The van der Waals surface area contributed by atoms with Gasteiger partial charge in [0.05, 0.1) is 6.61 Å². The van der Waals surface area contributed by atoms with E-state index in [1.54, 1.807) is 0 Å². The van der Waals surface area contributed by atoms with Gasteiger partial charge in [-0.15, -0.1) is 0 Å². The van der Waals surface area contributed by atoms with Crippen molar-refractivity contribution in [3.05, 3.63) is 29.3 Å². The molecule has 1 aromatic carbocycles. The van der Waals surface area contributed by atoms with Gasteiger partial charge in [0, 0.05) is 23.8 Å². The SMILES string of the molecule is CCC(NC1CCCC1SC)c1ccc2c(c1)CCO2. The predicted octanol–water partition coefficient (Wildman–Crippen LogP) is 3.95. The smallest absolute Gasteiger partial charge is 0.122 e. The topological polar surface area (TPSA) is 21.3 Å². The summed E-state index contributed by atoms with van der Waals surface area (Å²) in [5, 5.41) is 4.71. The van der Waals surface area contributed by atoms with E-state index in [-0.39, 0.29) is 0 Å². The summed E-state index contributed by atoms with van der Waals surface area (Å²) in [4.78, 5) is 0. The first-order valence-electron chi connectivity index (χ1n) is 7.86. The van der Waals surface area contributed by atoms with E-state index in [9.17, 15) is 0 Å². The lowest BCUT2D eigenvalue weighted by Crippen LogP contribution is -2.36. The Kier molecular flexibility index (Phi) is 4.57. The molecule has 0 saturated heterocycles. The van der Waals surface area contributed by atoms with Crippen LogP contribution < -0.4 is 10.1 Å². The van der Waals surface area contributed by atoms with Gasteiger partial charge in [-0.1, -0.05) is 25.5 Å². The molecule has 0 bridgehead atoms. The minimum absolute atomic E-state index is 0.485. The second-order valence-corrected chi connectivity index (χ2v) is 6.98. The van der Waals surface area contributed by atoms with E-state index in [0.29, 0.717) is 12.1 Å². The van der Waals surface area contributed by atoms with Gasteiger partial charge in [-0.25, -0.2) is 0 Å². The maximum atomic E-state index is 5.61. The fraction of sp³-hybridized carbons (Fsp3) is 0.647. The molecule has 0 aromatic heterocycles. The van der Waals surface area contributed by atoms with Crippen LogP contribution in [0.5, 0.6) is 5.75 Å². The fourth-order valence-corrected chi connectivity index (χ4v) is 4.48. The van der Waals surface area contributed by atoms with E-state index < -0.39 is 0 Å². The van der Waals surface area contributed by atoms with Gasteiger partial charge >= 0.3 is 0 Å². The van der Waals surface area contributed by atoms with Crippen LogP contribution in [0.25, 0.3) is 0 Å². The molecular formula is C17H25NOS. The first-order valence-corrected chi connectivity index (χ1v) is 9.15. The molecule has 1 N–H and O–H groups in total. The van der Waals surface area contributed by atoms with Crippen molar-refractivity contribution in [1.29, 1.82) is 0 Å². The lowest BCUT2D eigenvalue weighted by atomic mass is 9.99. The summed E-state index contributed by atoms with van der Waals surface area (Å²) in [6.07, 6.45) is 8.53. The van der Waals surface area contributed by atoms with E-state index in [2.05, 4.69) is 36.7 Å². The maximum Gasteiger partial charge on any atom is 0.122 e. The summed E-state index contributed by atoms with van der Waals surface area (Å²) in [5.74, 6) is 1.09. The number of fused-ring (bicyclic) bond motifs is 1. The Morgan fingerprint density at radius 2 is 2.30 bits per heavy atom. The van der Waals surface area contributed by atoms with Crippen LogP contribution >= 0.6 is 11.8 Å². The first-order chi connectivity index (χ1) is 9.81. The Balaban J connectivity index is 1.73. The second kappa shape index (κ2) is 6.40. The first kappa shape index (κ1) is 14.3. The van der Waals surface area contributed by atoms with E-state index in [1.807, 2.05) is 11.8 Å². The number of rotatable bonds is 5. The third-order valence-electron chi connectivity index (χ3n) is 4.69. The lowest BCUT2D eigenvalue weighted by molar-refractivity contribution is 0.356. The van der Waals surface area contributed by atoms with Gasteiger partial charge in [0.15, 0.2) is 0 Å². The van der Waals surface area contributed by atoms with Crippen molar-refractivity contribution < 1.29 is 4.74 Å². The average molecular weight is 291 g/mol. The summed E-state index contributed by atoms with van der Waals surface area (Å²) in [5.41, 5.74) is 2.82. The number of thioether (sulfide) groups is 1. The van der Waals surface area contributed by atoms with Crippen molar-refractivity contribution >= 4 is 11.8 Å². The Labute approximate surface area is 126 Å². The monoisotopic (exact) mass is 291 g/mol. The number of hydrogen-bond acceptors (Lipinski definition) is 3. The highest BCUT2D eigenvalue weighted by Crippen LogP contribution is 2.33. The molecule has 1 aliphatic heterocycles. The number of ether oxygens (including phenoxy) is 1. The number of benzene rings is 1. The minimum Gasteiger partial charge on any atom is -0.493 e. The average Bonchev–Trinajstić information content (AvgIpc) is 3.12. The van der Waals surface area contributed by atoms with E-state index in [1.165, 1.54) is 30.4 Å². The van der Waals surface area contributed by atoms with Gasteiger partial charge in [0.1, 0.15) is 5.75 Å². The largest absolute Gasteiger partial charge is 0.493 e.